The number of nitrogens with zero attached hydrogens (tertiary/aromatic N) is 3. The molecule has 0 spiro atoms. The molecule has 0 unspecified atom stereocenters. The molecule has 0 amide bonds. The fourth-order valence-corrected chi connectivity index (χ4v) is 2.57. The summed E-state index contributed by atoms with van der Waals surface area (Å²) in [5, 5.41) is 19.9. The van der Waals surface area contributed by atoms with Gasteiger partial charge in [0.25, 0.3) is 0 Å². The van der Waals surface area contributed by atoms with Crippen molar-refractivity contribution in [2.75, 3.05) is 5.32 Å². The van der Waals surface area contributed by atoms with Crippen LogP contribution >= 0.6 is 0 Å². The smallest absolute Gasteiger partial charge is 0.169 e. The minimum absolute atomic E-state index is 0.0865. The van der Waals surface area contributed by atoms with Crippen molar-refractivity contribution in [3.8, 4) is 16.9 Å². The molecule has 0 aliphatic rings. The summed E-state index contributed by atoms with van der Waals surface area (Å²) in [6.07, 6.45) is 4.85. The summed E-state index contributed by atoms with van der Waals surface area (Å²) in [6, 6.07) is 9.99. The molecule has 0 fully saturated rings. The molecule has 26 heavy (non-hydrogen) atoms. The van der Waals surface area contributed by atoms with Crippen LogP contribution < -0.4 is 5.32 Å². The van der Waals surface area contributed by atoms with Crippen molar-refractivity contribution >= 4 is 5.82 Å². The SMILES string of the molecule is OCc1ccn(-c2ccc(-c3cc(CNc4ccon4)on3)cc2F)c1. The molecule has 0 bridgehead atoms. The third kappa shape index (κ3) is 3.22. The van der Waals surface area contributed by atoms with Gasteiger partial charge in [-0.2, -0.15) is 0 Å². The number of benzene rings is 1. The molecule has 1 aromatic carbocycles. The normalized spacial score (nSPS) is 11.0. The van der Waals surface area contributed by atoms with E-state index < -0.39 is 5.82 Å². The minimum atomic E-state index is -0.395. The lowest BCUT2D eigenvalue weighted by Crippen LogP contribution is -1.97. The number of nitrogens with one attached hydrogen (secondary N) is 1. The highest BCUT2D eigenvalue weighted by molar-refractivity contribution is 5.61. The molecule has 4 aromatic rings. The molecule has 0 aliphatic heterocycles. The van der Waals surface area contributed by atoms with E-state index in [0.29, 0.717) is 40.6 Å². The standard InChI is InChI=1S/C18H15FN4O3/c19-15-7-13(1-2-17(15)23-5-3-12(10-23)11-24)16-8-14(26-21-16)9-20-18-4-6-25-22-18/h1-8,10,24H,9,11H2,(H,20,22). The highest BCUT2D eigenvalue weighted by Gasteiger charge is 2.11. The molecule has 8 heteroatoms. The summed E-state index contributed by atoms with van der Waals surface area (Å²) in [5.41, 5.74) is 2.26. The van der Waals surface area contributed by atoms with E-state index in [1.54, 1.807) is 47.3 Å². The molecule has 0 saturated heterocycles. The molecule has 3 heterocycles. The zero-order chi connectivity index (χ0) is 17.9. The van der Waals surface area contributed by atoms with E-state index in [1.807, 2.05) is 0 Å². The van der Waals surface area contributed by atoms with Gasteiger partial charge in [-0.3, -0.25) is 0 Å². The second kappa shape index (κ2) is 6.85. The molecule has 2 N–H and O–H groups in total. The quantitative estimate of drug-likeness (QED) is 0.552. The van der Waals surface area contributed by atoms with Crippen LogP contribution in [0.5, 0.6) is 0 Å². The first-order chi connectivity index (χ1) is 12.7. The van der Waals surface area contributed by atoms with Crippen molar-refractivity contribution in [1.82, 2.24) is 14.9 Å². The van der Waals surface area contributed by atoms with Crippen LogP contribution in [-0.4, -0.2) is 20.0 Å². The highest BCUT2D eigenvalue weighted by Crippen LogP contribution is 2.24. The fraction of sp³-hybridized carbons (Fsp3) is 0.111. The lowest BCUT2D eigenvalue weighted by atomic mass is 10.1. The predicted octanol–water partition coefficient (Wildman–Crippen LogP) is 3.36. The van der Waals surface area contributed by atoms with E-state index >= 15 is 0 Å². The Hall–Kier alpha value is -3.39. The Kier molecular flexibility index (Phi) is 4.24. The molecule has 132 valence electrons. The van der Waals surface area contributed by atoms with Crippen LogP contribution in [0.4, 0.5) is 10.2 Å². The van der Waals surface area contributed by atoms with Gasteiger partial charge in [-0.15, -0.1) is 0 Å². The molecular formula is C18H15FN4O3. The average Bonchev–Trinajstić information content (AvgIpc) is 3.40. The van der Waals surface area contributed by atoms with Gasteiger partial charge < -0.3 is 24.0 Å². The molecule has 7 nitrogen and oxygen atoms in total. The van der Waals surface area contributed by atoms with Crippen LogP contribution in [0.1, 0.15) is 11.3 Å². The van der Waals surface area contributed by atoms with Crippen LogP contribution in [-0.2, 0) is 13.2 Å². The number of hydrogen-bond acceptors (Lipinski definition) is 6. The Morgan fingerprint density at radius 3 is 2.81 bits per heavy atom. The Bertz CT molecular complexity index is 1010. The summed E-state index contributed by atoms with van der Waals surface area (Å²) in [7, 11) is 0. The number of halogens is 1. The predicted molar refractivity (Wildman–Crippen MR) is 91.0 cm³/mol. The third-order valence-corrected chi connectivity index (χ3v) is 3.90. The summed E-state index contributed by atoms with van der Waals surface area (Å²) in [6.45, 7) is 0.296. The van der Waals surface area contributed by atoms with Crippen molar-refractivity contribution in [2.45, 2.75) is 13.2 Å². The van der Waals surface area contributed by atoms with Gasteiger partial charge in [-0.25, -0.2) is 4.39 Å². The number of rotatable bonds is 6. The second-order valence-corrected chi connectivity index (χ2v) is 5.67. The lowest BCUT2D eigenvalue weighted by Gasteiger charge is -2.06. The zero-order valence-corrected chi connectivity index (χ0v) is 13.6. The van der Waals surface area contributed by atoms with Gasteiger partial charge >= 0.3 is 0 Å². The van der Waals surface area contributed by atoms with Crippen molar-refractivity contribution in [2.24, 2.45) is 0 Å². The van der Waals surface area contributed by atoms with E-state index in [0.717, 1.165) is 0 Å². The first-order valence-electron chi connectivity index (χ1n) is 7.91. The number of anilines is 1. The van der Waals surface area contributed by atoms with Gasteiger partial charge in [-0.05, 0) is 23.8 Å². The Labute approximate surface area is 147 Å². The van der Waals surface area contributed by atoms with E-state index in [-0.39, 0.29) is 6.61 Å². The van der Waals surface area contributed by atoms with Gasteiger partial charge in [0.1, 0.15) is 17.8 Å². The molecule has 3 aromatic heterocycles. The molecule has 0 saturated carbocycles. The van der Waals surface area contributed by atoms with Crippen LogP contribution in [0.15, 0.2) is 64.1 Å². The highest BCUT2D eigenvalue weighted by atomic mass is 19.1. The summed E-state index contributed by atoms with van der Waals surface area (Å²) >= 11 is 0. The van der Waals surface area contributed by atoms with E-state index in [9.17, 15) is 4.39 Å². The van der Waals surface area contributed by atoms with Crippen LogP contribution in [0.2, 0.25) is 0 Å². The van der Waals surface area contributed by atoms with Crippen molar-refractivity contribution in [3.63, 3.8) is 0 Å². The summed E-state index contributed by atoms with van der Waals surface area (Å²) in [4.78, 5) is 0. The Balaban J connectivity index is 1.52. The maximum absolute atomic E-state index is 14.5. The Morgan fingerprint density at radius 2 is 2.08 bits per heavy atom. The van der Waals surface area contributed by atoms with Gasteiger partial charge in [0.2, 0.25) is 0 Å². The number of aliphatic hydroxyl groups is 1. The first kappa shape index (κ1) is 16.1. The van der Waals surface area contributed by atoms with Gasteiger partial charge in [-0.1, -0.05) is 16.4 Å². The van der Waals surface area contributed by atoms with Crippen LogP contribution in [0.3, 0.4) is 0 Å². The second-order valence-electron chi connectivity index (χ2n) is 5.67. The van der Waals surface area contributed by atoms with Gasteiger partial charge in [0, 0.05) is 30.1 Å². The minimum Gasteiger partial charge on any atom is -0.392 e. The molecular weight excluding hydrogens is 339 g/mol. The maximum Gasteiger partial charge on any atom is 0.169 e. The van der Waals surface area contributed by atoms with Gasteiger partial charge in [0.05, 0.1) is 18.8 Å². The summed E-state index contributed by atoms with van der Waals surface area (Å²) < 4.78 is 26.1. The lowest BCUT2D eigenvalue weighted by molar-refractivity contribution is 0.282. The zero-order valence-electron chi connectivity index (χ0n) is 13.6. The van der Waals surface area contributed by atoms with Crippen molar-refractivity contribution in [3.05, 3.63) is 72.2 Å². The largest absolute Gasteiger partial charge is 0.392 e. The number of aromatic nitrogens is 3. The van der Waals surface area contributed by atoms with E-state index in [2.05, 4.69) is 15.6 Å². The molecule has 0 radical (unpaired) electrons. The monoisotopic (exact) mass is 354 g/mol. The molecule has 0 aliphatic carbocycles. The van der Waals surface area contributed by atoms with E-state index in [1.165, 1.54) is 12.3 Å². The first-order valence-corrected chi connectivity index (χ1v) is 7.91. The number of hydrogen-bond donors (Lipinski definition) is 2. The topological polar surface area (TPSA) is 89.2 Å². The summed E-state index contributed by atoms with van der Waals surface area (Å²) in [5.74, 6) is 0.783. The Morgan fingerprint density at radius 1 is 1.15 bits per heavy atom. The van der Waals surface area contributed by atoms with E-state index in [4.69, 9.17) is 14.2 Å². The third-order valence-electron chi connectivity index (χ3n) is 3.90. The van der Waals surface area contributed by atoms with Crippen molar-refractivity contribution in [1.29, 1.82) is 0 Å². The van der Waals surface area contributed by atoms with Crippen LogP contribution in [0, 0.1) is 5.82 Å². The van der Waals surface area contributed by atoms with Crippen LogP contribution in [0.25, 0.3) is 16.9 Å². The van der Waals surface area contributed by atoms with Gasteiger partial charge in [0.15, 0.2) is 11.6 Å². The molecule has 4 rings (SSSR count). The number of aliphatic hydroxyl groups excluding tert-OH is 1. The fourth-order valence-electron chi connectivity index (χ4n) is 2.57. The average molecular weight is 354 g/mol. The maximum atomic E-state index is 14.5. The molecule has 0 atom stereocenters. The van der Waals surface area contributed by atoms with Crippen molar-refractivity contribution < 1.29 is 18.5 Å².